The number of aromatic nitrogens is 1. The topological polar surface area (TPSA) is 80.3 Å². The summed E-state index contributed by atoms with van der Waals surface area (Å²) in [7, 11) is 0. The Morgan fingerprint density at radius 2 is 1.56 bits per heavy atom. The van der Waals surface area contributed by atoms with Crippen molar-refractivity contribution in [3.05, 3.63) is 114 Å². The third-order valence-corrected chi connectivity index (χ3v) is 5.14. The second-order valence-corrected chi connectivity index (χ2v) is 7.70. The van der Waals surface area contributed by atoms with E-state index in [1.807, 2.05) is 42.5 Å². The van der Waals surface area contributed by atoms with E-state index in [4.69, 9.17) is 0 Å². The summed E-state index contributed by atoms with van der Waals surface area (Å²) in [6, 6.07) is 23.3. The molecule has 0 fully saturated rings. The summed E-state index contributed by atoms with van der Waals surface area (Å²) in [5.41, 5.74) is 2.66. The van der Waals surface area contributed by atoms with Gasteiger partial charge in [-0.3, -0.25) is 14.6 Å². The first-order valence-electron chi connectivity index (χ1n) is 10.8. The van der Waals surface area contributed by atoms with Crippen LogP contribution in [0, 0.1) is 0 Å². The van der Waals surface area contributed by atoms with Gasteiger partial charge < -0.3 is 15.4 Å². The van der Waals surface area contributed by atoms with Crippen LogP contribution >= 0.6 is 0 Å². The van der Waals surface area contributed by atoms with Gasteiger partial charge in [-0.05, 0) is 53.1 Å². The molecule has 0 radical (unpaired) electrons. The van der Waals surface area contributed by atoms with E-state index in [1.54, 1.807) is 30.5 Å². The number of benzene rings is 3. The van der Waals surface area contributed by atoms with Crippen LogP contribution in [0.15, 0.2) is 97.3 Å². The number of carbonyl (C=O) groups is 2. The van der Waals surface area contributed by atoms with Crippen molar-refractivity contribution < 1.29 is 27.5 Å². The molecule has 2 N–H and O–H groups in total. The van der Waals surface area contributed by atoms with E-state index in [2.05, 4.69) is 20.4 Å². The first-order valence-corrected chi connectivity index (χ1v) is 10.8. The summed E-state index contributed by atoms with van der Waals surface area (Å²) >= 11 is 0. The quantitative estimate of drug-likeness (QED) is 0.341. The van der Waals surface area contributed by atoms with Crippen molar-refractivity contribution in [1.82, 2.24) is 10.3 Å². The number of alkyl halides is 3. The Hall–Kier alpha value is -4.66. The van der Waals surface area contributed by atoms with E-state index in [1.165, 1.54) is 6.20 Å². The highest BCUT2D eigenvalue weighted by atomic mass is 19.4. The van der Waals surface area contributed by atoms with Crippen LogP contribution in [0.4, 0.5) is 18.9 Å². The van der Waals surface area contributed by atoms with Gasteiger partial charge in [0.2, 0.25) is 0 Å². The van der Waals surface area contributed by atoms with Crippen LogP contribution in [0.3, 0.4) is 0 Å². The summed E-state index contributed by atoms with van der Waals surface area (Å²) in [4.78, 5) is 29.4. The summed E-state index contributed by atoms with van der Waals surface area (Å²) in [5.74, 6) is -2.14. The van der Waals surface area contributed by atoms with Gasteiger partial charge in [-0.1, -0.05) is 48.5 Å². The standard InChI is InChI=1S/C27H20F3N3O3/c28-27(29,30)36-24-13-10-21(15-23(24)26(35)32-17-18-5-4-14-31-16-18)25(34)33-22-11-8-20(9-12-22)19-6-2-1-3-7-19/h1-16H,17H2,(H,32,35)(H,33,34). The maximum atomic E-state index is 12.9. The van der Waals surface area contributed by atoms with Gasteiger partial charge in [-0.15, -0.1) is 13.2 Å². The highest BCUT2D eigenvalue weighted by Crippen LogP contribution is 2.28. The number of hydrogen-bond acceptors (Lipinski definition) is 4. The average Bonchev–Trinajstić information content (AvgIpc) is 2.88. The van der Waals surface area contributed by atoms with Crippen LogP contribution in [0.5, 0.6) is 5.75 Å². The predicted molar refractivity (Wildman–Crippen MR) is 128 cm³/mol. The zero-order valence-corrected chi connectivity index (χ0v) is 18.8. The largest absolute Gasteiger partial charge is 0.573 e. The molecule has 9 heteroatoms. The van der Waals surface area contributed by atoms with E-state index in [-0.39, 0.29) is 12.1 Å². The second-order valence-electron chi connectivity index (χ2n) is 7.70. The number of halogens is 3. The maximum absolute atomic E-state index is 12.9. The van der Waals surface area contributed by atoms with Gasteiger partial charge in [-0.25, -0.2) is 0 Å². The summed E-state index contributed by atoms with van der Waals surface area (Å²) < 4.78 is 42.7. The number of hydrogen-bond donors (Lipinski definition) is 2. The number of pyridine rings is 1. The van der Waals surface area contributed by atoms with E-state index < -0.39 is 29.5 Å². The van der Waals surface area contributed by atoms with Crippen molar-refractivity contribution in [2.75, 3.05) is 5.32 Å². The molecule has 182 valence electrons. The molecule has 0 unspecified atom stereocenters. The van der Waals surface area contributed by atoms with Gasteiger partial charge >= 0.3 is 6.36 Å². The third kappa shape index (κ3) is 6.47. The zero-order valence-electron chi connectivity index (χ0n) is 18.8. The Labute approximate surface area is 204 Å². The van der Waals surface area contributed by atoms with E-state index in [0.717, 1.165) is 29.3 Å². The van der Waals surface area contributed by atoms with Gasteiger partial charge in [-0.2, -0.15) is 0 Å². The highest BCUT2D eigenvalue weighted by molar-refractivity contribution is 6.07. The van der Waals surface area contributed by atoms with Crippen LogP contribution < -0.4 is 15.4 Å². The molecular formula is C27H20F3N3O3. The molecule has 0 atom stereocenters. The Balaban J connectivity index is 1.52. The number of nitrogens with one attached hydrogen (secondary N) is 2. The molecule has 0 spiro atoms. The van der Waals surface area contributed by atoms with Crippen molar-refractivity contribution in [2.24, 2.45) is 0 Å². The Morgan fingerprint density at radius 1 is 0.833 bits per heavy atom. The molecule has 0 aliphatic carbocycles. The zero-order chi connectivity index (χ0) is 25.5. The lowest BCUT2D eigenvalue weighted by Gasteiger charge is -2.15. The minimum atomic E-state index is -5.01. The monoisotopic (exact) mass is 491 g/mol. The predicted octanol–water partition coefficient (Wildman–Crippen LogP) is 5.83. The van der Waals surface area contributed by atoms with Gasteiger partial charge in [0.1, 0.15) is 5.75 Å². The highest BCUT2D eigenvalue weighted by Gasteiger charge is 2.33. The normalized spacial score (nSPS) is 11.0. The Bertz CT molecular complexity index is 1340. The SMILES string of the molecule is O=C(Nc1ccc(-c2ccccc2)cc1)c1ccc(OC(F)(F)F)c(C(=O)NCc2cccnc2)c1. The molecule has 36 heavy (non-hydrogen) atoms. The fraction of sp³-hybridized carbons (Fsp3) is 0.0741. The van der Waals surface area contributed by atoms with Crippen molar-refractivity contribution in [1.29, 1.82) is 0 Å². The lowest BCUT2D eigenvalue weighted by atomic mass is 10.1. The minimum absolute atomic E-state index is 0.0109. The average molecular weight is 491 g/mol. The molecule has 4 rings (SSSR count). The first-order chi connectivity index (χ1) is 17.3. The molecule has 1 heterocycles. The first kappa shape index (κ1) is 24.5. The maximum Gasteiger partial charge on any atom is 0.573 e. The van der Waals surface area contributed by atoms with E-state index in [9.17, 15) is 22.8 Å². The lowest BCUT2D eigenvalue weighted by Crippen LogP contribution is -2.26. The second kappa shape index (κ2) is 10.7. The van der Waals surface area contributed by atoms with Crippen LogP contribution in [0.1, 0.15) is 26.3 Å². The third-order valence-electron chi connectivity index (χ3n) is 5.14. The Kier molecular flexibility index (Phi) is 7.29. The summed E-state index contributed by atoms with van der Waals surface area (Å²) in [6.45, 7) is 0.0301. The van der Waals surface area contributed by atoms with Gasteiger partial charge in [0.05, 0.1) is 5.56 Å². The lowest BCUT2D eigenvalue weighted by molar-refractivity contribution is -0.274. The van der Waals surface area contributed by atoms with Crippen LogP contribution in [0.2, 0.25) is 0 Å². The molecule has 4 aromatic rings. The summed E-state index contributed by atoms with van der Waals surface area (Å²) in [6.07, 6.45) is -1.94. The van der Waals surface area contributed by atoms with E-state index >= 15 is 0 Å². The molecule has 0 aliphatic heterocycles. The fourth-order valence-electron chi connectivity index (χ4n) is 3.42. The van der Waals surface area contributed by atoms with Crippen molar-refractivity contribution in [3.63, 3.8) is 0 Å². The summed E-state index contributed by atoms with van der Waals surface area (Å²) in [5, 5.41) is 5.21. The number of amides is 2. The molecular weight excluding hydrogens is 471 g/mol. The van der Waals surface area contributed by atoms with E-state index in [0.29, 0.717) is 11.3 Å². The smallest absolute Gasteiger partial charge is 0.405 e. The molecule has 3 aromatic carbocycles. The molecule has 1 aromatic heterocycles. The number of ether oxygens (including phenoxy) is 1. The van der Waals surface area contributed by atoms with Gasteiger partial charge in [0, 0.05) is 30.2 Å². The minimum Gasteiger partial charge on any atom is -0.405 e. The number of rotatable bonds is 7. The van der Waals surface area contributed by atoms with Crippen molar-refractivity contribution in [2.45, 2.75) is 12.9 Å². The number of anilines is 1. The van der Waals surface area contributed by atoms with Crippen molar-refractivity contribution >= 4 is 17.5 Å². The number of carbonyl (C=O) groups excluding carboxylic acids is 2. The molecule has 2 amide bonds. The van der Waals surface area contributed by atoms with Gasteiger partial charge in [0.15, 0.2) is 0 Å². The fourth-order valence-corrected chi connectivity index (χ4v) is 3.42. The molecule has 0 bridgehead atoms. The van der Waals surface area contributed by atoms with Crippen LogP contribution in [-0.2, 0) is 6.54 Å². The number of nitrogens with zero attached hydrogens (tertiary/aromatic N) is 1. The Morgan fingerprint density at radius 3 is 2.22 bits per heavy atom. The van der Waals surface area contributed by atoms with Crippen LogP contribution in [-0.4, -0.2) is 23.2 Å². The van der Waals surface area contributed by atoms with Gasteiger partial charge in [0.25, 0.3) is 11.8 Å². The van der Waals surface area contributed by atoms with Crippen molar-refractivity contribution in [3.8, 4) is 16.9 Å². The molecule has 0 aliphatic rings. The van der Waals surface area contributed by atoms with Crippen LogP contribution in [0.25, 0.3) is 11.1 Å². The molecule has 0 saturated heterocycles. The molecule has 0 saturated carbocycles. The molecule has 6 nitrogen and oxygen atoms in total.